The number of imide groups is 1. The summed E-state index contributed by atoms with van der Waals surface area (Å²) >= 11 is 0. The van der Waals surface area contributed by atoms with Gasteiger partial charge in [0, 0.05) is 17.4 Å². The Bertz CT molecular complexity index is 1180. The summed E-state index contributed by atoms with van der Waals surface area (Å²) in [6, 6.07) is 7.46. The molecule has 7 nitrogen and oxygen atoms in total. The largest absolute Gasteiger partial charge is 0.471 e. The second-order valence-corrected chi connectivity index (χ2v) is 10.5. The van der Waals surface area contributed by atoms with Crippen molar-refractivity contribution in [3.63, 3.8) is 0 Å². The molecule has 1 fully saturated rings. The summed E-state index contributed by atoms with van der Waals surface area (Å²) in [5, 5.41) is 0. The monoisotopic (exact) mass is 517 g/mol. The average Bonchev–Trinajstić information content (AvgIpc) is 3.17. The standard InChI is InChI=1S/C27H30F3N3O4/c1-26(2,3)37-25(36)33-15-19-13-21(11-12-22(19)23(33)34)32(24(35)27(28,29)30)16-20-10-9-18(14-31-20)17-7-5-4-6-8-17/h9-14,17H,4-8,15-16H2,1-3H3. The number of carbonyl (C=O) groups excluding carboxylic acids is 3. The Morgan fingerprint density at radius 3 is 2.38 bits per heavy atom. The molecule has 0 radical (unpaired) electrons. The van der Waals surface area contributed by atoms with E-state index in [-0.39, 0.29) is 17.8 Å². The lowest BCUT2D eigenvalue weighted by molar-refractivity contribution is -0.170. The summed E-state index contributed by atoms with van der Waals surface area (Å²) in [6.07, 6.45) is 1.35. The number of hydrogen-bond acceptors (Lipinski definition) is 5. The zero-order valence-corrected chi connectivity index (χ0v) is 21.1. The first-order valence-electron chi connectivity index (χ1n) is 12.3. The van der Waals surface area contributed by atoms with Crippen LogP contribution in [0.3, 0.4) is 0 Å². The molecule has 4 rings (SSSR count). The van der Waals surface area contributed by atoms with Crippen molar-refractivity contribution >= 4 is 23.6 Å². The number of rotatable bonds is 4. The second kappa shape index (κ2) is 10.1. The van der Waals surface area contributed by atoms with Gasteiger partial charge in [-0.2, -0.15) is 13.2 Å². The van der Waals surface area contributed by atoms with Gasteiger partial charge in [0.15, 0.2) is 0 Å². The molecule has 0 spiro atoms. The second-order valence-electron chi connectivity index (χ2n) is 10.5. The molecule has 2 aliphatic rings. The minimum Gasteiger partial charge on any atom is -0.443 e. The Morgan fingerprint density at radius 1 is 1.08 bits per heavy atom. The SMILES string of the molecule is CC(C)(C)OC(=O)N1Cc2cc(N(Cc3ccc(C4CCCCC4)cn3)C(=O)C(F)(F)F)ccc2C1=O. The smallest absolute Gasteiger partial charge is 0.443 e. The summed E-state index contributed by atoms with van der Waals surface area (Å²) in [6.45, 7) is 4.41. The van der Waals surface area contributed by atoms with Gasteiger partial charge in [0.05, 0.1) is 18.8 Å². The Kier molecular flexibility index (Phi) is 7.30. The van der Waals surface area contributed by atoms with Crippen molar-refractivity contribution in [1.29, 1.82) is 0 Å². The Labute approximate surface area is 213 Å². The molecule has 1 aliphatic carbocycles. The maximum absolute atomic E-state index is 13.5. The molecule has 10 heteroatoms. The van der Waals surface area contributed by atoms with Gasteiger partial charge in [-0.25, -0.2) is 9.69 Å². The fourth-order valence-corrected chi connectivity index (χ4v) is 4.74. The van der Waals surface area contributed by atoms with Crippen LogP contribution in [0.25, 0.3) is 0 Å². The van der Waals surface area contributed by atoms with Gasteiger partial charge in [-0.05, 0) is 74.9 Å². The molecule has 0 bridgehead atoms. The van der Waals surface area contributed by atoms with E-state index >= 15 is 0 Å². The van der Waals surface area contributed by atoms with Crippen LogP contribution in [-0.4, -0.2) is 39.6 Å². The zero-order chi connectivity index (χ0) is 27.0. The number of halogens is 3. The van der Waals surface area contributed by atoms with Crippen molar-refractivity contribution < 1.29 is 32.3 Å². The highest BCUT2D eigenvalue weighted by atomic mass is 19.4. The highest BCUT2D eigenvalue weighted by Gasteiger charge is 2.44. The van der Waals surface area contributed by atoms with Gasteiger partial charge in [0.2, 0.25) is 0 Å². The van der Waals surface area contributed by atoms with Gasteiger partial charge in [-0.1, -0.05) is 25.3 Å². The van der Waals surface area contributed by atoms with Crippen LogP contribution in [0, 0.1) is 0 Å². The lowest BCUT2D eigenvalue weighted by Crippen LogP contribution is -2.41. The Balaban J connectivity index is 1.58. The minimum absolute atomic E-state index is 0.0435. The molecule has 0 unspecified atom stereocenters. The third-order valence-corrected chi connectivity index (χ3v) is 6.55. The first-order chi connectivity index (χ1) is 17.3. The molecule has 198 valence electrons. The van der Waals surface area contributed by atoms with Gasteiger partial charge in [-0.3, -0.25) is 19.5 Å². The van der Waals surface area contributed by atoms with E-state index in [1.807, 2.05) is 6.07 Å². The van der Waals surface area contributed by atoms with Crippen molar-refractivity contribution in [3.8, 4) is 0 Å². The third kappa shape index (κ3) is 6.11. The number of anilines is 1. The molecule has 1 saturated carbocycles. The van der Waals surface area contributed by atoms with Crippen LogP contribution in [0.5, 0.6) is 0 Å². The van der Waals surface area contributed by atoms with Crippen molar-refractivity contribution in [3.05, 3.63) is 58.9 Å². The number of pyridine rings is 1. The van der Waals surface area contributed by atoms with E-state index in [9.17, 15) is 27.6 Å². The van der Waals surface area contributed by atoms with Gasteiger partial charge >= 0.3 is 18.2 Å². The number of hydrogen-bond donors (Lipinski definition) is 0. The molecule has 37 heavy (non-hydrogen) atoms. The van der Waals surface area contributed by atoms with Crippen LogP contribution in [0.1, 0.15) is 86.0 Å². The van der Waals surface area contributed by atoms with E-state index in [1.54, 1.807) is 33.0 Å². The first kappa shape index (κ1) is 26.6. The molecule has 0 atom stereocenters. The van der Waals surface area contributed by atoms with Crippen LogP contribution in [0.4, 0.5) is 23.7 Å². The molecule has 3 amide bonds. The summed E-state index contributed by atoms with van der Waals surface area (Å²) in [5.41, 5.74) is 0.989. The van der Waals surface area contributed by atoms with E-state index in [0.717, 1.165) is 36.1 Å². The Morgan fingerprint density at radius 2 is 1.78 bits per heavy atom. The van der Waals surface area contributed by atoms with E-state index < -0.39 is 36.2 Å². The Hall–Kier alpha value is -3.43. The van der Waals surface area contributed by atoms with Crippen LogP contribution >= 0.6 is 0 Å². The first-order valence-corrected chi connectivity index (χ1v) is 12.3. The summed E-state index contributed by atoms with van der Waals surface area (Å²) in [7, 11) is 0. The van der Waals surface area contributed by atoms with Crippen molar-refractivity contribution in [1.82, 2.24) is 9.88 Å². The maximum atomic E-state index is 13.5. The fraction of sp³-hybridized carbons (Fsp3) is 0.481. The van der Waals surface area contributed by atoms with Gasteiger partial charge in [0.25, 0.3) is 5.91 Å². The normalized spacial score (nSPS) is 16.5. The number of fused-ring (bicyclic) bond motifs is 1. The number of aromatic nitrogens is 1. The van der Waals surface area contributed by atoms with Crippen LogP contribution in [0.15, 0.2) is 36.5 Å². The number of carbonyl (C=O) groups is 3. The third-order valence-electron chi connectivity index (χ3n) is 6.55. The molecular formula is C27H30F3N3O4. The molecule has 1 aliphatic heterocycles. The zero-order valence-electron chi connectivity index (χ0n) is 21.1. The van der Waals surface area contributed by atoms with Crippen LogP contribution < -0.4 is 4.90 Å². The lowest BCUT2D eigenvalue weighted by atomic mass is 9.85. The molecule has 1 aromatic carbocycles. The molecule has 2 heterocycles. The topological polar surface area (TPSA) is 79.8 Å². The molecule has 2 aromatic rings. The van der Waals surface area contributed by atoms with Crippen molar-refractivity contribution in [2.45, 2.75) is 83.7 Å². The van der Waals surface area contributed by atoms with Gasteiger partial charge in [-0.15, -0.1) is 0 Å². The molecule has 1 aromatic heterocycles. The van der Waals surface area contributed by atoms with Crippen LogP contribution in [0.2, 0.25) is 0 Å². The molecular weight excluding hydrogens is 487 g/mol. The van der Waals surface area contributed by atoms with Gasteiger partial charge in [0.1, 0.15) is 5.60 Å². The lowest BCUT2D eigenvalue weighted by Gasteiger charge is -2.25. The number of amides is 3. The minimum atomic E-state index is -5.11. The van der Waals surface area contributed by atoms with E-state index in [1.165, 1.54) is 24.6 Å². The average molecular weight is 518 g/mol. The fourth-order valence-electron chi connectivity index (χ4n) is 4.74. The van der Waals surface area contributed by atoms with Crippen molar-refractivity contribution in [2.24, 2.45) is 0 Å². The molecule has 0 saturated heterocycles. The number of nitrogens with zero attached hydrogens (tertiary/aromatic N) is 3. The highest BCUT2D eigenvalue weighted by Crippen LogP contribution is 2.34. The predicted octanol–water partition coefficient (Wildman–Crippen LogP) is 6.12. The summed E-state index contributed by atoms with van der Waals surface area (Å²) in [5.74, 6) is -2.26. The van der Waals surface area contributed by atoms with Gasteiger partial charge < -0.3 is 4.74 Å². The van der Waals surface area contributed by atoms with Crippen molar-refractivity contribution in [2.75, 3.05) is 4.90 Å². The summed E-state index contributed by atoms with van der Waals surface area (Å²) < 4.78 is 45.8. The quantitative estimate of drug-likeness (QED) is 0.489. The maximum Gasteiger partial charge on any atom is 0.471 e. The van der Waals surface area contributed by atoms with E-state index in [0.29, 0.717) is 22.1 Å². The number of benzene rings is 1. The summed E-state index contributed by atoms with van der Waals surface area (Å²) in [4.78, 5) is 43.4. The predicted molar refractivity (Wildman–Crippen MR) is 130 cm³/mol. The number of alkyl halides is 3. The number of ether oxygens (including phenoxy) is 1. The van der Waals surface area contributed by atoms with E-state index in [4.69, 9.17) is 4.74 Å². The van der Waals surface area contributed by atoms with E-state index in [2.05, 4.69) is 4.98 Å². The molecule has 0 N–H and O–H groups in total. The van der Waals surface area contributed by atoms with Crippen LogP contribution in [-0.2, 0) is 22.6 Å². The highest BCUT2D eigenvalue weighted by molar-refractivity contribution is 6.07.